The number of nitrogens with one attached hydrogen (secondary N) is 2. The average molecular weight is 624 g/mol. The molecule has 2 amide bonds. The van der Waals surface area contributed by atoms with E-state index in [1.807, 2.05) is 0 Å². The van der Waals surface area contributed by atoms with Crippen molar-refractivity contribution in [1.82, 2.24) is 15.6 Å². The number of hydrogen-bond acceptors (Lipinski definition) is 8. The van der Waals surface area contributed by atoms with Crippen molar-refractivity contribution in [3.05, 3.63) is 65.4 Å². The minimum absolute atomic E-state index is 0.0971. The molecule has 43 heavy (non-hydrogen) atoms. The summed E-state index contributed by atoms with van der Waals surface area (Å²) in [6, 6.07) is 10.1. The van der Waals surface area contributed by atoms with Crippen LogP contribution in [0.1, 0.15) is 62.0 Å². The fourth-order valence-electron chi connectivity index (χ4n) is 4.35. The number of alkyl carbamates (subject to hydrolysis) is 1. The van der Waals surface area contributed by atoms with Crippen LogP contribution < -0.4 is 19.6 Å². The number of carbonyl (C=O) groups excluding carboxylic acids is 2. The van der Waals surface area contributed by atoms with E-state index in [0.717, 1.165) is 6.07 Å². The number of nitrogens with zero attached hydrogens (tertiary/aromatic N) is 1. The van der Waals surface area contributed by atoms with Gasteiger partial charge in [-0.1, -0.05) is 12.1 Å². The third kappa shape index (κ3) is 7.66. The molecule has 4 rings (SSSR count). The summed E-state index contributed by atoms with van der Waals surface area (Å²) in [6.45, 7) is 8.82. The van der Waals surface area contributed by atoms with Crippen LogP contribution in [0.4, 0.5) is 18.0 Å². The molecule has 1 saturated carbocycles. The largest absolute Gasteiger partial charge is 0.534 e. The molecule has 3 aromatic rings. The summed E-state index contributed by atoms with van der Waals surface area (Å²) >= 11 is 0. The van der Waals surface area contributed by atoms with Crippen molar-refractivity contribution in [2.24, 2.45) is 0 Å². The Morgan fingerprint density at radius 2 is 1.77 bits per heavy atom. The molecule has 0 spiro atoms. The van der Waals surface area contributed by atoms with Crippen molar-refractivity contribution in [3.8, 4) is 11.5 Å². The van der Waals surface area contributed by atoms with Gasteiger partial charge in [-0.25, -0.2) is 4.79 Å². The molecule has 1 atom stereocenters. The van der Waals surface area contributed by atoms with Crippen LogP contribution in [0.3, 0.4) is 0 Å². The van der Waals surface area contributed by atoms with E-state index in [1.54, 1.807) is 65.0 Å². The number of hydrogen-bond donors (Lipinski definition) is 2. The van der Waals surface area contributed by atoms with Crippen LogP contribution in [0.2, 0.25) is 0 Å². The number of amides is 2. The lowest BCUT2D eigenvalue weighted by Gasteiger charge is -2.22. The van der Waals surface area contributed by atoms with Crippen molar-refractivity contribution >= 4 is 33.0 Å². The Bertz CT molecular complexity index is 1650. The zero-order chi connectivity index (χ0) is 31.8. The highest BCUT2D eigenvalue weighted by atomic mass is 32.2. The standard InChI is InChI=1S/C29H32F3N3O7S/c1-17-8-9-19(40-16-18(2)34-26(37)41-27(3,4)5)13-22(17)25(36)35-28(10-11-28)23-14-20(42-43(38,39)29(30,31)32)15-24-21(23)7-6-12-33-24/h6-9,12-15,18H,10-11,16H2,1-5H3,(H,34,37)(H,35,36)/t18-/m0/s1. The minimum Gasteiger partial charge on any atom is -0.491 e. The molecule has 2 aromatic carbocycles. The molecule has 10 nitrogen and oxygen atoms in total. The molecule has 0 bridgehead atoms. The summed E-state index contributed by atoms with van der Waals surface area (Å²) in [5.41, 5.74) is -5.74. The maximum Gasteiger partial charge on any atom is 0.534 e. The molecule has 232 valence electrons. The van der Waals surface area contributed by atoms with E-state index < -0.39 is 50.6 Å². The third-order valence-electron chi connectivity index (χ3n) is 6.52. The van der Waals surface area contributed by atoms with Gasteiger partial charge in [-0.3, -0.25) is 9.78 Å². The van der Waals surface area contributed by atoms with Gasteiger partial charge < -0.3 is 24.3 Å². The first kappa shape index (κ1) is 31.9. The lowest BCUT2D eigenvalue weighted by Crippen LogP contribution is -2.40. The van der Waals surface area contributed by atoms with Gasteiger partial charge in [0.05, 0.1) is 17.1 Å². The summed E-state index contributed by atoms with van der Waals surface area (Å²) in [6.07, 6.45) is 1.71. The van der Waals surface area contributed by atoms with Crippen LogP contribution in [0.15, 0.2) is 48.7 Å². The first-order valence-corrected chi connectivity index (χ1v) is 14.8. The number of rotatable bonds is 9. The molecule has 2 N–H and O–H groups in total. The number of halogens is 3. The highest BCUT2D eigenvalue weighted by Crippen LogP contribution is 2.49. The number of fused-ring (bicyclic) bond motifs is 1. The Balaban J connectivity index is 1.54. The predicted molar refractivity (Wildman–Crippen MR) is 151 cm³/mol. The minimum atomic E-state index is -5.92. The molecule has 1 fully saturated rings. The van der Waals surface area contributed by atoms with Gasteiger partial charge in [0.2, 0.25) is 0 Å². The Labute approximate surface area is 247 Å². The van der Waals surface area contributed by atoms with E-state index in [9.17, 15) is 31.2 Å². The van der Waals surface area contributed by atoms with Crippen molar-refractivity contribution < 1.29 is 44.8 Å². The first-order valence-electron chi connectivity index (χ1n) is 13.3. The lowest BCUT2D eigenvalue weighted by molar-refractivity contribution is -0.0500. The van der Waals surface area contributed by atoms with Gasteiger partial charge in [-0.2, -0.15) is 21.6 Å². The zero-order valence-electron chi connectivity index (χ0n) is 24.2. The van der Waals surface area contributed by atoms with Crippen LogP contribution in [-0.2, 0) is 20.4 Å². The van der Waals surface area contributed by atoms with E-state index >= 15 is 0 Å². The second kappa shape index (κ2) is 11.5. The average Bonchev–Trinajstić information content (AvgIpc) is 3.65. The van der Waals surface area contributed by atoms with E-state index in [2.05, 4.69) is 19.8 Å². The van der Waals surface area contributed by atoms with E-state index in [1.165, 1.54) is 12.3 Å². The molecule has 14 heteroatoms. The van der Waals surface area contributed by atoms with Crippen molar-refractivity contribution in [2.45, 2.75) is 70.2 Å². The number of alkyl halides is 3. The van der Waals surface area contributed by atoms with Gasteiger partial charge in [0.1, 0.15) is 23.7 Å². The van der Waals surface area contributed by atoms with Gasteiger partial charge in [0.15, 0.2) is 0 Å². The van der Waals surface area contributed by atoms with Crippen molar-refractivity contribution in [2.75, 3.05) is 6.61 Å². The molecule has 0 unspecified atom stereocenters. The summed E-state index contributed by atoms with van der Waals surface area (Å²) in [5, 5.41) is 6.17. The van der Waals surface area contributed by atoms with Gasteiger partial charge in [-0.15, -0.1) is 0 Å². The molecule has 0 saturated heterocycles. The van der Waals surface area contributed by atoms with Crippen LogP contribution in [0.25, 0.3) is 10.9 Å². The number of ether oxygens (including phenoxy) is 2. The molecule has 1 aromatic heterocycles. The SMILES string of the molecule is Cc1ccc(OC[C@H](C)NC(=O)OC(C)(C)C)cc1C(=O)NC1(c2cc(OS(=O)(=O)C(F)(F)F)cc3ncccc23)CC1. The van der Waals surface area contributed by atoms with E-state index in [-0.39, 0.29) is 12.1 Å². The molecule has 1 heterocycles. The van der Waals surface area contributed by atoms with Crippen LogP contribution in [0.5, 0.6) is 11.5 Å². The Morgan fingerprint density at radius 1 is 1.07 bits per heavy atom. The van der Waals surface area contributed by atoms with Crippen LogP contribution >= 0.6 is 0 Å². The third-order valence-corrected chi connectivity index (χ3v) is 7.50. The summed E-state index contributed by atoms with van der Waals surface area (Å²) in [7, 11) is -5.92. The molecule has 0 radical (unpaired) electrons. The number of carbonyl (C=O) groups is 2. The Hall–Kier alpha value is -4.07. The number of benzene rings is 2. The lowest BCUT2D eigenvalue weighted by atomic mass is 9.97. The highest BCUT2D eigenvalue weighted by Gasteiger charge is 2.50. The fraction of sp³-hybridized carbons (Fsp3) is 0.414. The normalized spacial score (nSPS) is 15.3. The number of aromatic nitrogens is 1. The Kier molecular flexibility index (Phi) is 8.56. The quantitative estimate of drug-likeness (QED) is 0.237. The van der Waals surface area contributed by atoms with Crippen LogP contribution in [0, 0.1) is 6.92 Å². The second-order valence-corrected chi connectivity index (χ2v) is 12.9. The van der Waals surface area contributed by atoms with E-state index in [4.69, 9.17) is 9.47 Å². The second-order valence-electron chi connectivity index (χ2n) is 11.4. The van der Waals surface area contributed by atoms with Gasteiger partial charge >= 0.3 is 21.7 Å². The van der Waals surface area contributed by atoms with Gasteiger partial charge in [-0.05, 0) is 82.9 Å². The summed E-state index contributed by atoms with van der Waals surface area (Å²) in [5.74, 6) is -0.660. The smallest absolute Gasteiger partial charge is 0.491 e. The van der Waals surface area contributed by atoms with E-state index in [0.29, 0.717) is 40.7 Å². The zero-order valence-corrected chi connectivity index (χ0v) is 25.0. The Morgan fingerprint density at radius 3 is 2.40 bits per heavy atom. The predicted octanol–water partition coefficient (Wildman–Crippen LogP) is 5.48. The molecule has 1 aliphatic rings. The molecule has 1 aliphatic carbocycles. The van der Waals surface area contributed by atoms with Crippen molar-refractivity contribution in [1.29, 1.82) is 0 Å². The number of pyridine rings is 1. The maximum absolute atomic E-state index is 13.5. The fourth-order valence-corrected chi connectivity index (χ4v) is 4.80. The topological polar surface area (TPSA) is 133 Å². The first-order chi connectivity index (χ1) is 19.9. The summed E-state index contributed by atoms with van der Waals surface area (Å²) in [4.78, 5) is 29.7. The van der Waals surface area contributed by atoms with Crippen LogP contribution in [-0.4, -0.2) is 49.2 Å². The molecular weight excluding hydrogens is 591 g/mol. The summed E-state index contributed by atoms with van der Waals surface area (Å²) < 4.78 is 77.8. The molecular formula is C29H32F3N3O7S. The maximum atomic E-state index is 13.5. The van der Waals surface area contributed by atoms with Gasteiger partial charge in [0.25, 0.3) is 5.91 Å². The molecule has 0 aliphatic heterocycles. The van der Waals surface area contributed by atoms with Crippen molar-refractivity contribution in [3.63, 3.8) is 0 Å². The van der Waals surface area contributed by atoms with Gasteiger partial charge in [0, 0.05) is 23.2 Å². The number of aryl methyl sites for hydroxylation is 1. The monoisotopic (exact) mass is 623 g/mol. The highest BCUT2D eigenvalue weighted by molar-refractivity contribution is 7.88.